The number of carbonyl (C=O) groups excluding carboxylic acids is 1. The van der Waals surface area contributed by atoms with E-state index in [9.17, 15) is 9.90 Å². The van der Waals surface area contributed by atoms with Crippen LogP contribution >= 0.6 is 0 Å². The zero-order valence-corrected chi connectivity index (χ0v) is 9.56. The molecule has 1 rings (SSSR count). The predicted octanol–water partition coefficient (Wildman–Crippen LogP) is 0.557. The topological polar surface area (TPSA) is 88.5 Å². The van der Waals surface area contributed by atoms with Crippen molar-refractivity contribution in [1.29, 1.82) is 0 Å². The maximum absolute atomic E-state index is 10.8. The predicted molar refractivity (Wildman–Crippen MR) is 59.6 cm³/mol. The highest BCUT2D eigenvalue weighted by Crippen LogP contribution is 2.14. The molecule has 1 unspecified atom stereocenters. The molecule has 0 fully saturated rings. The first-order chi connectivity index (χ1) is 7.41. The summed E-state index contributed by atoms with van der Waals surface area (Å²) in [5, 5.41) is 12.8. The summed E-state index contributed by atoms with van der Waals surface area (Å²) in [5.74, 6) is 0.132. The standard InChI is InChI=1S/C11H18N2O3/c1-11(2,6-10(12)15)13-7-8(14)9-4-3-5-16-9/h3-5,8,13-14H,6-7H2,1-2H3,(H2,12,15). The third-order valence-electron chi connectivity index (χ3n) is 2.26. The number of rotatable bonds is 6. The van der Waals surface area contributed by atoms with Gasteiger partial charge < -0.3 is 20.6 Å². The molecule has 0 aliphatic rings. The van der Waals surface area contributed by atoms with Crippen LogP contribution in [0.15, 0.2) is 22.8 Å². The van der Waals surface area contributed by atoms with Gasteiger partial charge in [-0.1, -0.05) is 0 Å². The van der Waals surface area contributed by atoms with Gasteiger partial charge in [0.2, 0.25) is 5.91 Å². The van der Waals surface area contributed by atoms with E-state index in [-0.39, 0.29) is 12.3 Å². The summed E-state index contributed by atoms with van der Waals surface area (Å²) in [6, 6.07) is 3.42. The first kappa shape index (κ1) is 12.7. The van der Waals surface area contributed by atoms with Crippen molar-refractivity contribution in [3.63, 3.8) is 0 Å². The maximum Gasteiger partial charge on any atom is 0.219 e. The smallest absolute Gasteiger partial charge is 0.219 e. The van der Waals surface area contributed by atoms with Crippen LogP contribution in [0, 0.1) is 0 Å². The number of aliphatic hydroxyl groups excluding tert-OH is 1. The van der Waals surface area contributed by atoms with Gasteiger partial charge in [0.05, 0.1) is 6.26 Å². The molecule has 1 heterocycles. The number of nitrogens with two attached hydrogens (primary N) is 1. The van der Waals surface area contributed by atoms with E-state index in [2.05, 4.69) is 5.32 Å². The normalized spacial score (nSPS) is 13.7. The van der Waals surface area contributed by atoms with Crippen LogP contribution in [0.4, 0.5) is 0 Å². The van der Waals surface area contributed by atoms with Gasteiger partial charge in [0.25, 0.3) is 0 Å². The highest BCUT2D eigenvalue weighted by Gasteiger charge is 2.22. The Balaban J connectivity index is 2.42. The van der Waals surface area contributed by atoms with E-state index in [0.717, 1.165) is 0 Å². The van der Waals surface area contributed by atoms with Gasteiger partial charge in [-0.15, -0.1) is 0 Å². The van der Waals surface area contributed by atoms with Crippen molar-refractivity contribution in [2.75, 3.05) is 6.54 Å². The molecule has 1 amide bonds. The first-order valence-corrected chi connectivity index (χ1v) is 5.15. The van der Waals surface area contributed by atoms with Gasteiger partial charge >= 0.3 is 0 Å². The van der Waals surface area contributed by atoms with E-state index >= 15 is 0 Å². The third-order valence-corrected chi connectivity index (χ3v) is 2.26. The number of carbonyl (C=O) groups is 1. The summed E-state index contributed by atoms with van der Waals surface area (Å²) in [6.07, 6.45) is 1.01. The Labute approximate surface area is 94.6 Å². The van der Waals surface area contributed by atoms with Gasteiger partial charge in [-0.3, -0.25) is 4.79 Å². The van der Waals surface area contributed by atoms with Crippen molar-refractivity contribution in [3.8, 4) is 0 Å². The summed E-state index contributed by atoms with van der Waals surface area (Å²) >= 11 is 0. The fourth-order valence-corrected chi connectivity index (χ4v) is 1.45. The van der Waals surface area contributed by atoms with Crippen LogP contribution in [-0.4, -0.2) is 23.1 Å². The molecule has 0 spiro atoms. The Hall–Kier alpha value is -1.33. The van der Waals surface area contributed by atoms with Crippen LogP contribution in [-0.2, 0) is 4.79 Å². The molecule has 5 heteroatoms. The zero-order valence-electron chi connectivity index (χ0n) is 9.56. The van der Waals surface area contributed by atoms with Crippen molar-refractivity contribution in [1.82, 2.24) is 5.32 Å². The van der Waals surface area contributed by atoms with Crippen molar-refractivity contribution < 1.29 is 14.3 Å². The molecule has 5 nitrogen and oxygen atoms in total. The van der Waals surface area contributed by atoms with Crippen LogP contribution in [0.2, 0.25) is 0 Å². The lowest BCUT2D eigenvalue weighted by molar-refractivity contribution is -0.119. The van der Waals surface area contributed by atoms with Crippen molar-refractivity contribution in [3.05, 3.63) is 24.2 Å². The van der Waals surface area contributed by atoms with E-state index in [1.165, 1.54) is 6.26 Å². The van der Waals surface area contributed by atoms with Gasteiger partial charge in [0, 0.05) is 18.5 Å². The van der Waals surface area contributed by atoms with E-state index in [4.69, 9.17) is 10.2 Å². The Morgan fingerprint density at radius 2 is 2.38 bits per heavy atom. The second kappa shape index (κ2) is 5.14. The van der Waals surface area contributed by atoms with E-state index in [1.807, 2.05) is 13.8 Å². The highest BCUT2D eigenvalue weighted by atomic mass is 16.4. The fourth-order valence-electron chi connectivity index (χ4n) is 1.45. The minimum atomic E-state index is -0.720. The van der Waals surface area contributed by atoms with Crippen LogP contribution in [0.5, 0.6) is 0 Å². The maximum atomic E-state index is 10.8. The van der Waals surface area contributed by atoms with E-state index in [1.54, 1.807) is 12.1 Å². The molecule has 16 heavy (non-hydrogen) atoms. The molecular weight excluding hydrogens is 208 g/mol. The van der Waals surface area contributed by atoms with E-state index < -0.39 is 11.6 Å². The summed E-state index contributed by atoms with van der Waals surface area (Å²) in [5.41, 5.74) is 4.69. The summed E-state index contributed by atoms with van der Waals surface area (Å²) < 4.78 is 5.06. The molecule has 0 radical (unpaired) electrons. The number of nitrogens with one attached hydrogen (secondary N) is 1. The highest BCUT2D eigenvalue weighted by molar-refractivity contribution is 5.74. The molecular formula is C11H18N2O3. The lowest BCUT2D eigenvalue weighted by Gasteiger charge is -2.25. The number of hydrogen-bond acceptors (Lipinski definition) is 4. The molecule has 0 aliphatic heterocycles. The molecule has 0 bridgehead atoms. The summed E-state index contributed by atoms with van der Waals surface area (Å²) in [7, 11) is 0. The molecule has 4 N–H and O–H groups in total. The van der Waals surface area contributed by atoms with E-state index in [0.29, 0.717) is 12.3 Å². The Morgan fingerprint density at radius 1 is 1.69 bits per heavy atom. The van der Waals surface area contributed by atoms with Gasteiger partial charge in [-0.25, -0.2) is 0 Å². The fraction of sp³-hybridized carbons (Fsp3) is 0.545. The van der Waals surface area contributed by atoms with Crippen LogP contribution in [0.25, 0.3) is 0 Å². The number of furan rings is 1. The molecule has 90 valence electrons. The number of aliphatic hydroxyl groups is 1. The lowest BCUT2D eigenvalue weighted by atomic mass is 10.00. The monoisotopic (exact) mass is 226 g/mol. The molecule has 0 aromatic carbocycles. The molecule has 0 saturated heterocycles. The third kappa shape index (κ3) is 4.04. The Kier molecular flexibility index (Phi) is 4.09. The number of β-amino-alcohol motifs (C(OH)–C–C–N with tert-alkyl or cyclic N) is 1. The largest absolute Gasteiger partial charge is 0.467 e. The van der Waals surface area contributed by atoms with Crippen LogP contribution in [0.1, 0.15) is 32.1 Å². The van der Waals surface area contributed by atoms with Gasteiger partial charge in [0.15, 0.2) is 0 Å². The molecule has 1 aromatic heterocycles. The average molecular weight is 226 g/mol. The van der Waals surface area contributed by atoms with Crippen molar-refractivity contribution >= 4 is 5.91 Å². The van der Waals surface area contributed by atoms with Gasteiger partial charge in [0.1, 0.15) is 11.9 Å². The summed E-state index contributed by atoms with van der Waals surface area (Å²) in [4.78, 5) is 10.8. The lowest BCUT2D eigenvalue weighted by Crippen LogP contribution is -2.44. The second-order valence-corrected chi connectivity index (χ2v) is 4.44. The zero-order chi connectivity index (χ0) is 12.2. The van der Waals surface area contributed by atoms with Gasteiger partial charge in [-0.2, -0.15) is 0 Å². The number of hydrogen-bond donors (Lipinski definition) is 3. The number of primary amides is 1. The van der Waals surface area contributed by atoms with Crippen molar-refractivity contribution in [2.45, 2.75) is 31.9 Å². The van der Waals surface area contributed by atoms with Crippen LogP contribution < -0.4 is 11.1 Å². The molecule has 0 aliphatic carbocycles. The average Bonchev–Trinajstić information content (AvgIpc) is 2.64. The quantitative estimate of drug-likeness (QED) is 0.661. The minimum absolute atomic E-state index is 0.220. The van der Waals surface area contributed by atoms with Crippen LogP contribution in [0.3, 0.4) is 0 Å². The SMILES string of the molecule is CC(C)(CC(N)=O)NCC(O)c1ccco1. The molecule has 1 atom stereocenters. The molecule has 1 aromatic rings. The summed E-state index contributed by atoms with van der Waals surface area (Å²) in [6.45, 7) is 4.02. The van der Waals surface area contributed by atoms with Crippen molar-refractivity contribution in [2.24, 2.45) is 5.73 Å². The number of amides is 1. The minimum Gasteiger partial charge on any atom is -0.467 e. The second-order valence-electron chi connectivity index (χ2n) is 4.44. The first-order valence-electron chi connectivity index (χ1n) is 5.15. The molecule has 0 saturated carbocycles. The Bertz CT molecular complexity index is 333. The van der Waals surface area contributed by atoms with Gasteiger partial charge in [-0.05, 0) is 26.0 Å². The Morgan fingerprint density at radius 3 is 2.88 bits per heavy atom.